The molecular weight excluding hydrogens is 484 g/mol. The van der Waals surface area contributed by atoms with Crippen molar-refractivity contribution in [2.75, 3.05) is 0 Å². The van der Waals surface area contributed by atoms with Crippen LogP contribution in [0.1, 0.15) is 44.2 Å². The summed E-state index contributed by atoms with van der Waals surface area (Å²) in [6.07, 6.45) is 0.792. The van der Waals surface area contributed by atoms with Crippen molar-refractivity contribution in [1.29, 1.82) is 0 Å². The molecule has 39 heavy (non-hydrogen) atoms. The standard InChI is InChI=1S/C33H32N4O2/c1-24(26-16-20-30(21-17-26)28-10-5-3-6-11-28)34-36-32(38)14-9-15-33(39)37-35-25(2)27-18-22-31(23-19-27)29-12-7-4-8-13-29/h3-8,10-13,16-23H,9,14-15H2,1-2H3,(H,36,38)(H,37,39)/b34-24+,35-25+. The first kappa shape index (κ1) is 27.2. The molecule has 196 valence electrons. The van der Waals surface area contributed by atoms with E-state index in [1.54, 1.807) is 0 Å². The molecule has 0 atom stereocenters. The van der Waals surface area contributed by atoms with Crippen LogP contribution in [-0.4, -0.2) is 23.2 Å². The van der Waals surface area contributed by atoms with Gasteiger partial charge in [0.2, 0.25) is 11.8 Å². The summed E-state index contributed by atoms with van der Waals surface area (Å²) in [7, 11) is 0. The fourth-order valence-electron chi connectivity index (χ4n) is 4.01. The van der Waals surface area contributed by atoms with E-state index in [0.717, 1.165) is 33.4 Å². The summed E-state index contributed by atoms with van der Waals surface area (Å²) in [5, 5.41) is 8.42. The van der Waals surface area contributed by atoms with Gasteiger partial charge in [0.25, 0.3) is 0 Å². The molecule has 2 N–H and O–H groups in total. The van der Waals surface area contributed by atoms with Gasteiger partial charge in [-0.15, -0.1) is 0 Å². The summed E-state index contributed by atoms with van der Waals surface area (Å²) in [5.74, 6) is -0.470. The third-order valence-corrected chi connectivity index (χ3v) is 6.32. The Bertz CT molecular complexity index is 1330. The van der Waals surface area contributed by atoms with Crippen LogP contribution in [0.25, 0.3) is 22.3 Å². The van der Waals surface area contributed by atoms with Gasteiger partial charge in [-0.25, -0.2) is 10.9 Å². The van der Waals surface area contributed by atoms with Gasteiger partial charge in [0, 0.05) is 12.8 Å². The monoisotopic (exact) mass is 516 g/mol. The first-order valence-electron chi connectivity index (χ1n) is 13.0. The molecule has 4 aromatic carbocycles. The van der Waals surface area contributed by atoms with Gasteiger partial charge < -0.3 is 0 Å². The zero-order chi connectivity index (χ0) is 27.5. The van der Waals surface area contributed by atoms with E-state index < -0.39 is 0 Å². The minimum atomic E-state index is -0.235. The Morgan fingerprint density at radius 3 is 1.21 bits per heavy atom. The molecule has 0 spiro atoms. The fourth-order valence-corrected chi connectivity index (χ4v) is 4.01. The molecule has 0 unspecified atom stereocenters. The predicted octanol–water partition coefficient (Wildman–Crippen LogP) is 6.57. The number of amides is 2. The third-order valence-electron chi connectivity index (χ3n) is 6.32. The van der Waals surface area contributed by atoms with E-state index in [4.69, 9.17) is 0 Å². The van der Waals surface area contributed by atoms with Gasteiger partial charge in [0.1, 0.15) is 0 Å². The van der Waals surface area contributed by atoms with E-state index in [2.05, 4.69) is 45.3 Å². The summed E-state index contributed by atoms with van der Waals surface area (Å²) in [6.45, 7) is 3.70. The Hall–Kier alpha value is -4.84. The van der Waals surface area contributed by atoms with Crippen molar-refractivity contribution >= 4 is 23.2 Å². The minimum Gasteiger partial charge on any atom is -0.273 e. The molecule has 4 rings (SSSR count). The van der Waals surface area contributed by atoms with Crippen molar-refractivity contribution in [3.05, 3.63) is 120 Å². The molecule has 0 aliphatic carbocycles. The van der Waals surface area contributed by atoms with Crippen LogP contribution in [0.3, 0.4) is 0 Å². The van der Waals surface area contributed by atoms with Gasteiger partial charge in [-0.05, 0) is 53.6 Å². The van der Waals surface area contributed by atoms with Crippen LogP contribution in [-0.2, 0) is 9.59 Å². The largest absolute Gasteiger partial charge is 0.273 e. The van der Waals surface area contributed by atoms with Gasteiger partial charge in [-0.2, -0.15) is 10.2 Å². The highest BCUT2D eigenvalue weighted by atomic mass is 16.2. The lowest BCUT2D eigenvalue weighted by molar-refractivity contribution is -0.122. The highest BCUT2D eigenvalue weighted by Gasteiger charge is 2.07. The maximum atomic E-state index is 12.2. The number of carbonyl (C=O) groups excluding carboxylic acids is 2. The molecule has 0 aliphatic heterocycles. The van der Waals surface area contributed by atoms with E-state index in [1.165, 1.54) is 0 Å². The number of benzene rings is 4. The van der Waals surface area contributed by atoms with Crippen LogP contribution < -0.4 is 10.9 Å². The summed E-state index contributed by atoms with van der Waals surface area (Å²) in [5.41, 5.74) is 13.0. The fraction of sp³-hybridized carbons (Fsp3) is 0.152. The molecule has 0 radical (unpaired) electrons. The molecule has 4 aromatic rings. The maximum absolute atomic E-state index is 12.2. The summed E-state index contributed by atoms with van der Waals surface area (Å²) in [4.78, 5) is 24.4. The second kappa shape index (κ2) is 13.6. The predicted molar refractivity (Wildman–Crippen MR) is 158 cm³/mol. The molecule has 2 amide bonds. The molecule has 0 aromatic heterocycles. The number of rotatable bonds is 10. The van der Waals surface area contributed by atoms with Crippen molar-refractivity contribution in [2.24, 2.45) is 10.2 Å². The number of hydrogen-bond donors (Lipinski definition) is 2. The van der Waals surface area contributed by atoms with Crippen LogP contribution in [0.5, 0.6) is 0 Å². The molecule has 6 nitrogen and oxygen atoms in total. The van der Waals surface area contributed by atoms with E-state index in [0.29, 0.717) is 17.8 Å². The highest BCUT2D eigenvalue weighted by molar-refractivity contribution is 6.00. The lowest BCUT2D eigenvalue weighted by Gasteiger charge is -2.06. The van der Waals surface area contributed by atoms with Crippen LogP contribution in [0.2, 0.25) is 0 Å². The minimum absolute atomic E-state index is 0.195. The molecule has 0 bridgehead atoms. The zero-order valence-corrected chi connectivity index (χ0v) is 22.2. The van der Waals surface area contributed by atoms with Crippen molar-refractivity contribution < 1.29 is 9.59 Å². The van der Waals surface area contributed by atoms with E-state index >= 15 is 0 Å². The maximum Gasteiger partial charge on any atom is 0.240 e. The van der Waals surface area contributed by atoms with Crippen LogP contribution in [0.4, 0.5) is 0 Å². The average molecular weight is 517 g/mol. The number of nitrogens with zero attached hydrogens (tertiary/aromatic N) is 2. The molecule has 0 saturated heterocycles. The number of nitrogens with one attached hydrogen (secondary N) is 2. The van der Waals surface area contributed by atoms with Crippen molar-refractivity contribution in [3.8, 4) is 22.3 Å². The summed E-state index contributed by atoms with van der Waals surface area (Å²) >= 11 is 0. The Morgan fingerprint density at radius 2 is 0.846 bits per heavy atom. The molecule has 0 fully saturated rings. The molecule has 0 heterocycles. The van der Waals surface area contributed by atoms with Crippen LogP contribution >= 0.6 is 0 Å². The normalized spacial score (nSPS) is 11.6. The summed E-state index contributed by atoms with van der Waals surface area (Å²) in [6, 6.07) is 36.4. The number of hydrazone groups is 2. The van der Waals surface area contributed by atoms with Gasteiger partial charge in [-0.1, -0.05) is 109 Å². The first-order valence-corrected chi connectivity index (χ1v) is 13.0. The first-order chi connectivity index (χ1) is 19.0. The topological polar surface area (TPSA) is 82.9 Å². The molecule has 0 saturated carbocycles. The second-order valence-electron chi connectivity index (χ2n) is 9.20. The number of carbonyl (C=O) groups is 2. The number of hydrogen-bond acceptors (Lipinski definition) is 4. The lowest BCUT2D eigenvalue weighted by atomic mass is 10.0. The smallest absolute Gasteiger partial charge is 0.240 e. The Balaban J connectivity index is 1.19. The second-order valence-corrected chi connectivity index (χ2v) is 9.20. The van der Waals surface area contributed by atoms with Crippen molar-refractivity contribution in [3.63, 3.8) is 0 Å². The molecule has 6 heteroatoms. The van der Waals surface area contributed by atoms with E-state index in [9.17, 15) is 9.59 Å². The quantitative estimate of drug-likeness (QED) is 0.185. The van der Waals surface area contributed by atoms with E-state index in [-0.39, 0.29) is 24.7 Å². The lowest BCUT2D eigenvalue weighted by Crippen LogP contribution is -2.21. The van der Waals surface area contributed by atoms with Gasteiger partial charge in [0.15, 0.2) is 0 Å². The van der Waals surface area contributed by atoms with E-state index in [1.807, 2.05) is 98.8 Å². The molecular formula is C33H32N4O2. The third kappa shape index (κ3) is 8.07. The van der Waals surface area contributed by atoms with Crippen molar-refractivity contribution in [2.45, 2.75) is 33.1 Å². The molecule has 0 aliphatic rings. The Kier molecular flexibility index (Phi) is 9.51. The highest BCUT2D eigenvalue weighted by Crippen LogP contribution is 2.20. The average Bonchev–Trinajstić information content (AvgIpc) is 2.99. The van der Waals surface area contributed by atoms with Crippen LogP contribution in [0, 0.1) is 0 Å². The van der Waals surface area contributed by atoms with Gasteiger partial charge >= 0.3 is 0 Å². The Labute approximate surface area is 229 Å². The Morgan fingerprint density at radius 1 is 0.513 bits per heavy atom. The van der Waals surface area contributed by atoms with Crippen LogP contribution in [0.15, 0.2) is 119 Å². The SMILES string of the molecule is C/C(=N\NC(=O)CCCC(=O)N/N=C(\C)c1ccc(-c2ccccc2)cc1)c1ccc(-c2ccccc2)cc1. The van der Waals surface area contributed by atoms with Gasteiger partial charge in [-0.3, -0.25) is 9.59 Å². The van der Waals surface area contributed by atoms with Crippen molar-refractivity contribution in [1.82, 2.24) is 10.9 Å². The zero-order valence-electron chi connectivity index (χ0n) is 22.2. The van der Waals surface area contributed by atoms with Gasteiger partial charge in [0.05, 0.1) is 11.4 Å². The summed E-state index contributed by atoms with van der Waals surface area (Å²) < 4.78 is 0.